The maximum Gasteiger partial charge on any atom is 0.303 e. The van der Waals surface area contributed by atoms with Crippen LogP contribution in [0.2, 0.25) is 0 Å². The van der Waals surface area contributed by atoms with Crippen LogP contribution in [0.25, 0.3) is 0 Å². The van der Waals surface area contributed by atoms with Crippen LogP contribution in [0.4, 0.5) is 0 Å². The number of aromatic nitrogens is 1. The topological polar surface area (TPSA) is 124 Å². The lowest BCUT2D eigenvalue weighted by molar-refractivity contribution is -0.249. The molecule has 1 aromatic heterocycles. The molecule has 2 N–H and O–H groups in total. The fraction of sp³-hybridized carbons (Fsp3) is 0.900. The fourth-order valence-corrected chi connectivity index (χ4v) is 14.2. The van der Waals surface area contributed by atoms with Gasteiger partial charge in [0, 0.05) is 25.4 Å². The second-order valence-corrected chi connectivity index (χ2v) is 19.4. The second-order valence-electron chi connectivity index (χ2n) is 19.4. The average Bonchev–Trinajstić information content (AvgIpc) is 3.33. The summed E-state index contributed by atoms with van der Waals surface area (Å²) in [4.78, 5) is 18.8. The number of rotatable bonds is 7. The van der Waals surface area contributed by atoms with Crippen molar-refractivity contribution in [2.45, 2.75) is 156 Å². The molecule has 2 saturated heterocycles. The molecule has 1 aromatic rings. The normalized spacial score (nSPS) is 48.7. The van der Waals surface area contributed by atoms with E-state index in [0.29, 0.717) is 30.3 Å². The molecule has 2 unspecified atom stereocenters. The van der Waals surface area contributed by atoms with Crippen molar-refractivity contribution in [3.63, 3.8) is 0 Å². The molecule has 5 aliphatic carbocycles. The standard InChI is InChI=1S/C40H62N2O8/c1-23-17-26(34(36(5,6)45)48-24(2)43)49-32-31(23)37(7)13-14-40-21-39(40)12-11-29(35(3,4)27(39)9-10-28(40)38(37,8)33(32)44)50-30-19-42(15-16-47-30)18-25-20-46-22-41-25/h20,22-23,26-34,44-45H,9-19,21H2,1-8H3/t23-,26-,27+,28+,29?,30+,31+,32+,33+,34+,37-,38-,39?,40+/m1/s1. The molecule has 3 heterocycles. The monoisotopic (exact) mass is 698 g/mol. The van der Waals surface area contributed by atoms with Gasteiger partial charge < -0.3 is 33.6 Å². The first-order valence-electron chi connectivity index (χ1n) is 19.6. The Labute approximate surface area is 298 Å². The molecule has 0 aromatic carbocycles. The summed E-state index contributed by atoms with van der Waals surface area (Å²) in [6.07, 6.45) is 9.65. The summed E-state index contributed by atoms with van der Waals surface area (Å²) in [5, 5.41) is 23.6. The number of ether oxygens (including phenoxy) is 4. The quantitative estimate of drug-likeness (QED) is 0.341. The molecule has 7 fully saturated rings. The maximum atomic E-state index is 12.6. The third-order valence-corrected chi connectivity index (χ3v) is 16.4. The predicted molar refractivity (Wildman–Crippen MR) is 184 cm³/mol. The van der Waals surface area contributed by atoms with E-state index in [1.807, 2.05) is 0 Å². The molecule has 8 rings (SSSR count). The molecule has 2 spiro atoms. The Hall–Kier alpha value is -1.56. The van der Waals surface area contributed by atoms with Gasteiger partial charge in [0.15, 0.2) is 18.8 Å². The van der Waals surface area contributed by atoms with Crippen LogP contribution >= 0.6 is 0 Å². The third-order valence-electron chi connectivity index (χ3n) is 16.4. The van der Waals surface area contributed by atoms with Gasteiger partial charge >= 0.3 is 5.97 Å². The molecule has 10 heteroatoms. The lowest BCUT2D eigenvalue weighted by Crippen LogP contribution is -2.60. The Bertz CT molecular complexity index is 1440. The largest absolute Gasteiger partial charge is 0.457 e. The van der Waals surface area contributed by atoms with E-state index in [4.69, 9.17) is 23.4 Å². The lowest BCUT2D eigenvalue weighted by atomic mass is 9.41. The van der Waals surface area contributed by atoms with Crippen LogP contribution in [-0.2, 0) is 30.3 Å². The number of aliphatic hydroxyl groups is 2. The molecule has 50 heavy (non-hydrogen) atoms. The number of fused-ring (bicyclic) bond motifs is 4. The minimum absolute atomic E-state index is 0.0159. The van der Waals surface area contributed by atoms with Crippen LogP contribution in [0, 0.1) is 50.7 Å². The highest BCUT2D eigenvalue weighted by molar-refractivity contribution is 5.66. The summed E-state index contributed by atoms with van der Waals surface area (Å²) in [7, 11) is 0. The maximum absolute atomic E-state index is 12.6. The summed E-state index contributed by atoms with van der Waals surface area (Å²) in [6.45, 7) is 19.8. The van der Waals surface area contributed by atoms with E-state index >= 15 is 0 Å². The molecule has 0 radical (unpaired) electrons. The van der Waals surface area contributed by atoms with Crippen molar-refractivity contribution in [2.75, 3.05) is 19.7 Å². The van der Waals surface area contributed by atoms with Gasteiger partial charge in [-0.15, -0.1) is 0 Å². The highest BCUT2D eigenvalue weighted by Gasteiger charge is 2.84. The van der Waals surface area contributed by atoms with Gasteiger partial charge in [-0.2, -0.15) is 0 Å². The Morgan fingerprint density at radius 3 is 2.56 bits per heavy atom. The first-order chi connectivity index (χ1) is 23.5. The summed E-state index contributed by atoms with van der Waals surface area (Å²) in [5.41, 5.74) is -0.123. The summed E-state index contributed by atoms with van der Waals surface area (Å²) < 4.78 is 30.9. The van der Waals surface area contributed by atoms with Crippen LogP contribution in [0.1, 0.15) is 112 Å². The molecule has 280 valence electrons. The summed E-state index contributed by atoms with van der Waals surface area (Å²) in [6, 6.07) is 0. The Morgan fingerprint density at radius 1 is 1.12 bits per heavy atom. The van der Waals surface area contributed by atoms with Crippen molar-refractivity contribution in [2.24, 2.45) is 50.7 Å². The van der Waals surface area contributed by atoms with Crippen molar-refractivity contribution in [3.05, 3.63) is 18.4 Å². The van der Waals surface area contributed by atoms with Gasteiger partial charge in [0.25, 0.3) is 0 Å². The Kier molecular flexibility index (Phi) is 8.31. The minimum atomic E-state index is -1.26. The van der Waals surface area contributed by atoms with Crippen LogP contribution in [0.5, 0.6) is 0 Å². The SMILES string of the molecule is CC(=O)O[C@@H]([C@H]1C[C@@H](C)[C@H]2[C@H](O1)[C@H](O)[C@@]1(C)[C@@H]3CC[C@H]4C(C)(C)C(O[C@H]5CN(Cc6cocn6)CCO5)CCC45C[C@@]35CC[C@]21C)C(C)(C)O. The Balaban J connectivity index is 1.01. The number of morpholine rings is 1. The van der Waals surface area contributed by atoms with E-state index < -0.39 is 29.9 Å². The second kappa shape index (κ2) is 11.7. The van der Waals surface area contributed by atoms with E-state index in [-0.39, 0.29) is 52.0 Å². The zero-order valence-electron chi connectivity index (χ0n) is 31.7. The number of carbonyl (C=O) groups is 1. The number of hydrogen-bond donors (Lipinski definition) is 2. The van der Waals surface area contributed by atoms with E-state index in [1.165, 1.54) is 32.6 Å². The van der Waals surface area contributed by atoms with Crippen molar-refractivity contribution in [1.82, 2.24) is 9.88 Å². The van der Waals surface area contributed by atoms with Crippen LogP contribution in [-0.4, -0.2) is 88.2 Å². The first-order valence-corrected chi connectivity index (χ1v) is 19.6. The van der Waals surface area contributed by atoms with Crippen molar-refractivity contribution >= 4 is 5.97 Å². The average molecular weight is 699 g/mol. The van der Waals surface area contributed by atoms with Crippen LogP contribution in [0.15, 0.2) is 17.1 Å². The molecule has 14 atom stereocenters. The van der Waals surface area contributed by atoms with Crippen molar-refractivity contribution in [1.29, 1.82) is 0 Å². The van der Waals surface area contributed by atoms with Crippen LogP contribution < -0.4 is 0 Å². The van der Waals surface area contributed by atoms with E-state index in [0.717, 1.165) is 51.0 Å². The summed E-state index contributed by atoms with van der Waals surface area (Å²) >= 11 is 0. The van der Waals surface area contributed by atoms with E-state index in [1.54, 1.807) is 20.1 Å². The fourth-order valence-electron chi connectivity index (χ4n) is 14.2. The number of carbonyl (C=O) groups excluding carboxylic acids is 1. The number of aliphatic hydroxyl groups excluding tert-OH is 1. The number of esters is 1. The number of hydrogen-bond acceptors (Lipinski definition) is 10. The zero-order chi connectivity index (χ0) is 35.6. The Morgan fingerprint density at radius 2 is 1.86 bits per heavy atom. The smallest absolute Gasteiger partial charge is 0.303 e. The van der Waals surface area contributed by atoms with Crippen molar-refractivity contribution < 1.29 is 38.4 Å². The summed E-state index contributed by atoms with van der Waals surface area (Å²) in [5.74, 6) is 1.05. The first kappa shape index (κ1) is 35.5. The molecule has 0 bridgehead atoms. The molecule has 5 saturated carbocycles. The van der Waals surface area contributed by atoms with Gasteiger partial charge in [-0.1, -0.05) is 34.6 Å². The third kappa shape index (κ3) is 4.93. The molecule has 10 nitrogen and oxygen atoms in total. The predicted octanol–water partition coefficient (Wildman–Crippen LogP) is 5.73. The number of oxazole rings is 1. The van der Waals surface area contributed by atoms with Crippen molar-refractivity contribution in [3.8, 4) is 0 Å². The van der Waals surface area contributed by atoms with E-state index in [9.17, 15) is 15.0 Å². The zero-order valence-corrected chi connectivity index (χ0v) is 31.7. The van der Waals surface area contributed by atoms with E-state index in [2.05, 4.69) is 44.5 Å². The molecular weight excluding hydrogens is 636 g/mol. The highest BCUT2D eigenvalue weighted by atomic mass is 16.7. The van der Waals surface area contributed by atoms with Gasteiger partial charge in [0.2, 0.25) is 0 Å². The minimum Gasteiger partial charge on any atom is -0.457 e. The lowest BCUT2D eigenvalue weighted by Gasteiger charge is -2.64. The van der Waals surface area contributed by atoms with Gasteiger partial charge in [0.05, 0.1) is 48.9 Å². The molecule has 2 aliphatic heterocycles. The highest BCUT2D eigenvalue weighted by Crippen LogP contribution is 2.89. The number of nitrogens with zero attached hydrogens (tertiary/aromatic N) is 2. The van der Waals surface area contributed by atoms with Gasteiger partial charge in [-0.25, -0.2) is 4.98 Å². The van der Waals surface area contributed by atoms with Crippen LogP contribution in [0.3, 0.4) is 0 Å². The molecule has 7 aliphatic rings. The molecule has 0 amide bonds. The van der Waals surface area contributed by atoms with Gasteiger partial charge in [0.1, 0.15) is 6.26 Å². The molecular formula is C40H62N2O8. The van der Waals surface area contributed by atoms with Gasteiger partial charge in [-0.3, -0.25) is 9.69 Å². The van der Waals surface area contributed by atoms with Gasteiger partial charge in [-0.05, 0) is 111 Å².